The molecule has 0 aliphatic heterocycles. The lowest BCUT2D eigenvalue weighted by atomic mass is 10.2. The molecule has 0 spiro atoms. The van der Waals surface area contributed by atoms with Crippen LogP contribution < -0.4 is 5.32 Å². The minimum absolute atomic E-state index is 0.0929. The summed E-state index contributed by atoms with van der Waals surface area (Å²) in [7, 11) is 0. The van der Waals surface area contributed by atoms with Gasteiger partial charge in [-0.15, -0.1) is 33.7 Å². The number of nitrogens with zero attached hydrogens (tertiary/aromatic N) is 2. The van der Waals surface area contributed by atoms with Crippen LogP contribution in [0.3, 0.4) is 0 Å². The third-order valence-electron chi connectivity index (χ3n) is 3.54. The van der Waals surface area contributed by atoms with Gasteiger partial charge >= 0.3 is 0 Å². The number of anilines is 1. The van der Waals surface area contributed by atoms with E-state index < -0.39 is 0 Å². The highest BCUT2D eigenvalue weighted by molar-refractivity contribution is 7.99. The van der Waals surface area contributed by atoms with Crippen LogP contribution in [0.25, 0.3) is 0 Å². The molecule has 1 amide bonds. The Hall–Kier alpha value is -1.25. The number of thioether (sulfide) groups is 2. The molecule has 28 heavy (non-hydrogen) atoms. The summed E-state index contributed by atoms with van der Waals surface area (Å²) in [5.74, 6) is 2.62. The molecule has 0 atom stereocenters. The predicted octanol–water partition coefficient (Wildman–Crippen LogP) is 6.15. The van der Waals surface area contributed by atoms with Gasteiger partial charge in [-0.1, -0.05) is 70.9 Å². The maximum Gasteiger partial charge on any atom is 0.236 e. The first-order valence-corrected chi connectivity index (χ1v) is 12.2. The molecular formula is C19H17Cl2N3OS3. The number of carbonyl (C=O) groups excluding carboxylic acids is 1. The molecule has 1 aromatic heterocycles. The van der Waals surface area contributed by atoms with Gasteiger partial charge in [0.25, 0.3) is 0 Å². The molecule has 9 heteroatoms. The molecule has 0 saturated heterocycles. The number of rotatable bonds is 9. The van der Waals surface area contributed by atoms with Gasteiger partial charge in [0, 0.05) is 17.3 Å². The molecule has 2 aromatic carbocycles. The molecule has 0 unspecified atom stereocenters. The van der Waals surface area contributed by atoms with Crippen LogP contribution in [-0.2, 0) is 22.1 Å². The van der Waals surface area contributed by atoms with Gasteiger partial charge in [-0.3, -0.25) is 10.1 Å². The number of benzene rings is 2. The van der Waals surface area contributed by atoms with Crippen LogP contribution in [0.2, 0.25) is 10.0 Å². The van der Waals surface area contributed by atoms with Crippen molar-refractivity contribution >= 4 is 69.1 Å². The number of halogens is 2. The minimum atomic E-state index is -0.0929. The first-order valence-electron chi connectivity index (χ1n) is 8.36. The Morgan fingerprint density at radius 1 is 0.929 bits per heavy atom. The van der Waals surface area contributed by atoms with Gasteiger partial charge in [0.2, 0.25) is 11.0 Å². The van der Waals surface area contributed by atoms with Crippen LogP contribution in [0.15, 0.2) is 48.5 Å². The van der Waals surface area contributed by atoms with Gasteiger partial charge in [0.15, 0.2) is 0 Å². The molecule has 4 nitrogen and oxygen atoms in total. The first-order chi connectivity index (χ1) is 13.6. The predicted molar refractivity (Wildman–Crippen MR) is 123 cm³/mol. The topological polar surface area (TPSA) is 54.9 Å². The van der Waals surface area contributed by atoms with Gasteiger partial charge in [0.1, 0.15) is 5.01 Å². The van der Waals surface area contributed by atoms with E-state index in [0.717, 1.165) is 22.1 Å². The van der Waals surface area contributed by atoms with E-state index in [1.807, 2.05) is 30.3 Å². The Morgan fingerprint density at radius 3 is 2.50 bits per heavy atom. The van der Waals surface area contributed by atoms with E-state index in [2.05, 4.69) is 27.6 Å². The van der Waals surface area contributed by atoms with Crippen LogP contribution in [-0.4, -0.2) is 21.9 Å². The lowest BCUT2D eigenvalue weighted by molar-refractivity contribution is -0.113. The third kappa shape index (κ3) is 6.97. The van der Waals surface area contributed by atoms with E-state index in [0.29, 0.717) is 26.7 Å². The molecule has 0 aliphatic carbocycles. The first kappa shape index (κ1) is 21.5. The van der Waals surface area contributed by atoms with Crippen molar-refractivity contribution in [3.05, 3.63) is 74.7 Å². The van der Waals surface area contributed by atoms with Crippen LogP contribution in [0.5, 0.6) is 0 Å². The van der Waals surface area contributed by atoms with Gasteiger partial charge in [0.05, 0.1) is 15.8 Å². The number of amides is 1. The summed E-state index contributed by atoms with van der Waals surface area (Å²) in [6.07, 6.45) is 0. The molecule has 1 N–H and O–H groups in total. The van der Waals surface area contributed by atoms with Crippen LogP contribution in [0.4, 0.5) is 5.13 Å². The Kier molecular flexibility index (Phi) is 8.48. The van der Waals surface area contributed by atoms with Crippen LogP contribution in [0.1, 0.15) is 16.1 Å². The molecule has 0 fully saturated rings. The average Bonchev–Trinajstić information content (AvgIpc) is 3.12. The highest BCUT2D eigenvalue weighted by Crippen LogP contribution is 2.25. The zero-order chi connectivity index (χ0) is 19.8. The second-order valence-electron chi connectivity index (χ2n) is 5.77. The van der Waals surface area contributed by atoms with Crippen molar-refractivity contribution < 1.29 is 4.79 Å². The molecule has 3 rings (SSSR count). The van der Waals surface area contributed by atoms with Crippen molar-refractivity contribution in [2.24, 2.45) is 0 Å². The Bertz CT molecular complexity index is 922. The molecule has 0 bridgehead atoms. The van der Waals surface area contributed by atoms with E-state index in [4.69, 9.17) is 23.2 Å². The summed E-state index contributed by atoms with van der Waals surface area (Å²) in [6.45, 7) is 0. The normalized spacial score (nSPS) is 10.8. The van der Waals surface area contributed by atoms with Gasteiger partial charge < -0.3 is 0 Å². The van der Waals surface area contributed by atoms with Gasteiger partial charge in [-0.25, -0.2) is 0 Å². The SMILES string of the molecule is O=C(CSCc1ccc(Cl)c(Cl)c1)Nc1nnc(CSCc2ccccc2)s1. The summed E-state index contributed by atoms with van der Waals surface area (Å²) in [5.41, 5.74) is 2.31. The van der Waals surface area contributed by atoms with Gasteiger partial charge in [-0.2, -0.15) is 0 Å². The number of nitrogens with one attached hydrogen (secondary N) is 1. The van der Waals surface area contributed by atoms with E-state index in [-0.39, 0.29) is 5.91 Å². The number of carbonyl (C=O) groups is 1. The fraction of sp³-hybridized carbons (Fsp3) is 0.211. The summed E-state index contributed by atoms with van der Waals surface area (Å²) < 4.78 is 0. The number of hydrogen-bond donors (Lipinski definition) is 1. The van der Waals surface area contributed by atoms with Crippen molar-refractivity contribution in [2.75, 3.05) is 11.1 Å². The molecule has 0 saturated carbocycles. The van der Waals surface area contributed by atoms with Crippen molar-refractivity contribution in [1.82, 2.24) is 10.2 Å². The lowest BCUT2D eigenvalue weighted by Gasteiger charge is -2.03. The second kappa shape index (κ2) is 11.1. The minimum Gasteiger partial charge on any atom is -0.300 e. The van der Waals surface area contributed by atoms with Crippen LogP contribution in [0, 0.1) is 0 Å². The van der Waals surface area contributed by atoms with E-state index in [1.165, 1.54) is 28.7 Å². The summed E-state index contributed by atoms with van der Waals surface area (Å²) >= 11 is 16.6. The zero-order valence-corrected chi connectivity index (χ0v) is 18.7. The smallest absolute Gasteiger partial charge is 0.236 e. The maximum atomic E-state index is 12.1. The Morgan fingerprint density at radius 2 is 1.71 bits per heavy atom. The number of aromatic nitrogens is 2. The van der Waals surface area contributed by atoms with Crippen molar-refractivity contribution in [1.29, 1.82) is 0 Å². The second-order valence-corrected chi connectivity index (χ2v) is 9.62. The summed E-state index contributed by atoms with van der Waals surface area (Å²) in [5, 5.41) is 13.5. The Balaban J connectivity index is 1.38. The molecule has 0 radical (unpaired) electrons. The Labute approximate surface area is 186 Å². The summed E-state index contributed by atoms with van der Waals surface area (Å²) in [6, 6.07) is 15.8. The molecule has 146 valence electrons. The van der Waals surface area contributed by atoms with Crippen molar-refractivity contribution in [3.63, 3.8) is 0 Å². The van der Waals surface area contributed by atoms with E-state index in [9.17, 15) is 4.79 Å². The highest BCUT2D eigenvalue weighted by atomic mass is 35.5. The fourth-order valence-corrected chi connectivity index (χ4v) is 5.13. The molecule has 0 aliphatic rings. The zero-order valence-electron chi connectivity index (χ0n) is 14.7. The van der Waals surface area contributed by atoms with E-state index in [1.54, 1.807) is 17.8 Å². The molecule has 3 aromatic rings. The quantitative estimate of drug-likeness (QED) is 0.407. The average molecular weight is 470 g/mol. The number of hydrogen-bond acceptors (Lipinski definition) is 6. The fourth-order valence-electron chi connectivity index (χ4n) is 2.24. The molecule has 1 heterocycles. The van der Waals surface area contributed by atoms with Crippen molar-refractivity contribution in [3.8, 4) is 0 Å². The van der Waals surface area contributed by atoms with Crippen molar-refractivity contribution in [2.45, 2.75) is 17.3 Å². The lowest BCUT2D eigenvalue weighted by Crippen LogP contribution is -2.13. The third-order valence-corrected chi connectivity index (χ3v) is 7.32. The monoisotopic (exact) mass is 469 g/mol. The maximum absolute atomic E-state index is 12.1. The van der Waals surface area contributed by atoms with E-state index >= 15 is 0 Å². The highest BCUT2D eigenvalue weighted by Gasteiger charge is 2.09. The summed E-state index contributed by atoms with van der Waals surface area (Å²) in [4.78, 5) is 12.1. The largest absolute Gasteiger partial charge is 0.300 e. The molecular weight excluding hydrogens is 453 g/mol. The van der Waals surface area contributed by atoms with Gasteiger partial charge in [-0.05, 0) is 23.3 Å². The standard InChI is InChI=1S/C19H17Cl2N3OS3/c20-15-7-6-14(8-16(15)21)10-26-11-17(25)22-19-24-23-18(28-19)12-27-9-13-4-2-1-3-5-13/h1-8H,9-12H2,(H,22,24,25). The van der Waals surface area contributed by atoms with Crippen LogP contribution >= 0.6 is 58.1 Å².